The lowest BCUT2D eigenvalue weighted by molar-refractivity contribution is -0.143. The Labute approximate surface area is 146 Å². The highest BCUT2D eigenvalue weighted by molar-refractivity contribution is 7.07. The molecule has 0 unspecified atom stereocenters. The first kappa shape index (κ1) is 18.0. The number of nitrogens with one attached hydrogen (secondary N) is 1. The Morgan fingerprint density at radius 1 is 1.17 bits per heavy atom. The van der Waals surface area contributed by atoms with E-state index in [0.717, 1.165) is 16.8 Å². The van der Waals surface area contributed by atoms with Crippen molar-refractivity contribution in [2.75, 3.05) is 19.0 Å². The standard InChI is InChI=1S/C18H22N2O3S/c1-3-23-17(21)9-6-14-4-7-16(8-5-14)19-18(22)20(2)12-15-10-11-24-13-15/h4-5,7-8,10-11,13H,3,6,9,12H2,1-2H3,(H,19,22). The second-order valence-electron chi connectivity index (χ2n) is 5.42. The number of benzene rings is 1. The molecular formula is C18H22N2O3S. The molecule has 0 aliphatic heterocycles. The lowest BCUT2D eigenvalue weighted by Crippen LogP contribution is -2.30. The summed E-state index contributed by atoms with van der Waals surface area (Å²) in [5.41, 5.74) is 2.89. The summed E-state index contributed by atoms with van der Waals surface area (Å²) in [5.74, 6) is -0.190. The Morgan fingerprint density at radius 2 is 1.92 bits per heavy atom. The minimum absolute atomic E-state index is 0.152. The third kappa shape index (κ3) is 5.70. The number of esters is 1. The van der Waals surface area contributed by atoms with Crippen molar-refractivity contribution in [3.63, 3.8) is 0 Å². The summed E-state index contributed by atoms with van der Waals surface area (Å²) in [5, 5.41) is 6.89. The van der Waals surface area contributed by atoms with Gasteiger partial charge in [-0.1, -0.05) is 12.1 Å². The average Bonchev–Trinajstić information content (AvgIpc) is 3.07. The molecule has 1 N–H and O–H groups in total. The third-order valence-corrected chi connectivity index (χ3v) is 4.21. The Balaban J connectivity index is 1.82. The van der Waals surface area contributed by atoms with Crippen molar-refractivity contribution in [2.24, 2.45) is 0 Å². The molecule has 1 aromatic carbocycles. The number of hydrogen-bond acceptors (Lipinski definition) is 4. The van der Waals surface area contributed by atoms with Crippen LogP contribution in [-0.4, -0.2) is 30.6 Å². The maximum absolute atomic E-state index is 12.2. The molecule has 6 heteroatoms. The fourth-order valence-electron chi connectivity index (χ4n) is 2.18. The molecule has 128 valence electrons. The lowest BCUT2D eigenvalue weighted by atomic mass is 10.1. The van der Waals surface area contributed by atoms with Crippen molar-refractivity contribution in [2.45, 2.75) is 26.3 Å². The minimum atomic E-state index is -0.190. The maximum atomic E-state index is 12.2. The first-order valence-electron chi connectivity index (χ1n) is 7.86. The smallest absolute Gasteiger partial charge is 0.321 e. The molecule has 0 fully saturated rings. The summed E-state index contributed by atoms with van der Waals surface area (Å²) in [7, 11) is 1.76. The molecule has 0 saturated heterocycles. The van der Waals surface area contributed by atoms with Crippen LogP contribution >= 0.6 is 11.3 Å². The second-order valence-corrected chi connectivity index (χ2v) is 6.20. The number of anilines is 1. The molecule has 0 atom stereocenters. The zero-order valence-electron chi connectivity index (χ0n) is 14.0. The Hall–Kier alpha value is -2.34. The minimum Gasteiger partial charge on any atom is -0.466 e. The van der Waals surface area contributed by atoms with Crippen LogP contribution < -0.4 is 5.32 Å². The van der Waals surface area contributed by atoms with Gasteiger partial charge in [0, 0.05) is 25.7 Å². The van der Waals surface area contributed by atoms with Crippen LogP contribution in [0.3, 0.4) is 0 Å². The topological polar surface area (TPSA) is 58.6 Å². The van der Waals surface area contributed by atoms with Gasteiger partial charge in [-0.2, -0.15) is 11.3 Å². The zero-order chi connectivity index (χ0) is 17.4. The van der Waals surface area contributed by atoms with E-state index in [1.165, 1.54) is 0 Å². The number of amides is 2. The monoisotopic (exact) mass is 346 g/mol. The van der Waals surface area contributed by atoms with Gasteiger partial charge in [0.15, 0.2) is 0 Å². The van der Waals surface area contributed by atoms with Gasteiger partial charge >= 0.3 is 12.0 Å². The lowest BCUT2D eigenvalue weighted by Gasteiger charge is -2.17. The Kier molecular flexibility index (Phi) is 6.81. The van der Waals surface area contributed by atoms with E-state index in [9.17, 15) is 9.59 Å². The van der Waals surface area contributed by atoms with Crippen LogP contribution in [0.4, 0.5) is 10.5 Å². The number of urea groups is 1. The zero-order valence-corrected chi connectivity index (χ0v) is 14.8. The molecule has 0 radical (unpaired) electrons. The van der Waals surface area contributed by atoms with Crippen molar-refractivity contribution in [1.82, 2.24) is 4.90 Å². The number of ether oxygens (including phenoxy) is 1. The molecule has 0 aliphatic carbocycles. The number of carbonyl (C=O) groups is 2. The maximum Gasteiger partial charge on any atom is 0.321 e. The van der Waals surface area contributed by atoms with Gasteiger partial charge in [0.1, 0.15) is 0 Å². The van der Waals surface area contributed by atoms with E-state index in [-0.39, 0.29) is 12.0 Å². The van der Waals surface area contributed by atoms with E-state index in [4.69, 9.17) is 4.74 Å². The Morgan fingerprint density at radius 3 is 2.54 bits per heavy atom. The van der Waals surface area contributed by atoms with Gasteiger partial charge in [-0.05, 0) is 53.4 Å². The fraction of sp³-hybridized carbons (Fsp3) is 0.333. The summed E-state index contributed by atoms with van der Waals surface area (Å²) in [6.45, 7) is 2.78. The summed E-state index contributed by atoms with van der Waals surface area (Å²) < 4.78 is 4.91. The molecule has 2 rings (SSSR count). The van der Waals surface area contributed by atoms with Crippen molar-refractivity contribution < 1.29 is 14.3 Å². The van der Waals surface area contributed by atoms with Gasteiger partial charge in [0.25, 0.3) is 0 Å². The first-order valence-corrected chi connectivity index (χ1v) is 8.80. The van der Waals surface area contributed by atoms with Crippen LogP contribution in [0.1, 0.15) is 24.5 Å². The van der Waals surface area contributed by atoms with Crippen molar-refractivity contribution in [3.8, 4) is 0 Å². The molecule has 0 aliphatic rings. The largest absolute Gasteiger partial charge is 0.466 e. The summed E-state index contributed by atoms with van der Waals surface area (Å²) >= 11 is 1.62. The predicted octanol–water partition coefficient (Wildman–Crippen LogP) is 3.91. The van der Waals surface area contributed by atoms with Crippen molar-refractivity contribution in [3.05, 3.63) is 52.2 Å². The van der Waals surface area contributed by atoms with Gasteiger partial charge in [0.2, 0.25) is 0 Å². The van der Waals surface area contributed by atoms with Crippen LogP contribution in [0.2, 0.25) is 0 Å². The number of nitrogens with zero attached hydrogens (tertiary/aromatic N) is 1. The van der Waals surface area contributed by atoms with E-state index in [2.05, 4.69) is 5.32 Å². The number of carbonyl (C=O) groups excluding carboxylic acids is 2. The molecule has 2 amide bonds. The molecule has 1 aromatic heterocycles. The van der Waals surface area contributed by atoms with Gasteiger partial charge in [-0.25, -0.2) is 4.79 Å². The van der Waals surface area contributed by atoms with E-state index >= 15 is 0 Å². The van der Waals surface area contributed by atoms with Crippen LogP contribution in [-0.2, 0) is 22.5 Å². The Bertz CT molecular complexity index is 653. The number of aryl methyl sites for hydroxylation is 1. The molecule has 0 spiro atoms. The van der Waals surface area contributed by atoms with Crippen LogP contribution in [0.5, 0.6) is 0 Å². The highest BCUT2D eigenvalue weighted by atomic mass is 32.1. The predicted molar refractivity (Wildman–Crippen MR) is 96.2 cm³/mol. The summed E-state index contributed by atoms with van der Waals surface area (Å²) in [6, 6.07) is 9.36. The molecule has 1 heterocycles. The molecule has 0 bridgehead atoms. The number of hydrogen-bond donors (Lipinski definition) is 1. The third-order valence-electron chi connectivity index (χ3n) is 3.47. The van der Waals surface area contributed by atoms with E-state index < -0.39 is 0 Å². The number of thiophene rings is 1. The molecular weight excluding hydrogens is 324 g/mol. The van der Waals surface area contributed by atoms with Gasteiger partial charge in [-0.15, -0.1) is 0 Å². The SMILES string of the molecule is CCOC(=O)CCc1ccc(NC(=O)N(C)Cc2ccsc2)cc1. The van der Waals surface area contributed by atoms with E-state index in [1.54, 1.807) is 30.2 Å². The average molecular weight is 346 g/mol. The molecule has 24 heavy (non-hydrogen) atoms. The molecule has 5 nitrogen and oxygen atoms in total. The van der Waals surface area contributed by atoms with E-state index in [1.807, 2.05) is 41.1 Å². The van der Waals surface area contributed by atoms with Crippen LogP contribution in [0.25, 0.3) is 0 Å². The van der Waals surface area contributed by atoms with Crippen LogP contribution in [0.15, 0.2) is 41.1 Å². The molecule has 0 saturated carbocycles. The van der Waals surface area contributed by atoms with Crippen molar-refractivity contribution in [1.29, 1.82) is 0 Å². The normalized spacial score (nSPS) is 10.2. The van der Waals surface area contributed by atoms with Crippen molar-refractivity contribution >= 4 is 29.0 Å². The van der Waals surface area contributed by atoms with Gasteiger partial charge in [0.05, 0.1) is 6.61 Å². The first-order chi connectivity index (χ1) is 11.6. The van der Waals surface area contributed by atoms with E-state index in [0.29, 0.717) is 26.0 Å². The highest BCUT2D eigenvalue weighted by Crippen LogP contribution is 2.13. The fourth-order valence-corrected chi connectivity index (χ4v) is 2.84. The second kappa shape index (κ2) is 9.08. The quantitative estimate of drug-likeness (QED) is 0.773. The summed E-state index contributed by atoms with van der Waals surface area (Å²) in [4.78, 5) is 25.2. The summed E-state index contributed by atoms with van der Waals surface area (Å²) in [6.07, 6.45) is 0.994. The van der Waals surface area contributed by atoms with Gasteiger partial charge in [-0.3, -0.25) is 4.79 Å². The highest BCUT2D eigenvalue weighted by Gasteiger charge is 2.10. The van der Waals surface area contributed by atoms with Gasteiger partial charge < -0.3 is 15.0 Å². The van der Waals surface area contributed by atoms with Crippen LogP contribution in [0, 0.1) is 0 Å². The number of rotatable bonds is 7. The molecule has 2 aromatic rings.